The van der Waals surface area contributed by atoms with Crippen LogP contribution in [0.15, 0.2) is 52.2 Å². The Kier molecular flexibility index (Phi) is 5.61. The van der Waals surface area contributed by atoms with Crippen LogP contribution >= 0.6 is 0 Å². The highest BCUT2D eigenvalue weighted by Crippen LogP contribution is 2.32. The van der Waals surface area contributed by atoms with Crippen molar-refractivity contribution in [2.45, 2.75) is 24.8 Å². The molecule has 0 saturated heterocycles. The van der Waals surface area contributed by atoms with Gasteiger partial charge in [-0.1, -0.05) is 25.1 Å². The lowest BCUT2D eigenvalue weighted by Gasteiger charge is -2.19. The van der Waals surface area contributed by atoms with Crippen molar-refractivity contribution in [3.63, 3.8) is 0 Å². The Labute approximate surface area is 177 Å². The molecule has 0 fully saturated rings. The maximum absolute atomic E-state index is 12.8. The van der Waals surface area contributed by atoms with Gasteiger partial charge in [0.05, 0.1) is 10.3 Å². The fourth-order valence-electron chi connectivity index (χ4n) is 3.19. The van der Waals surface area contributed by atoms with Crippen molar-refractivity contribution < 1.29 is 22.7 Å². The highest BCUT2D eigenvalue weighted by molar-refractivity contribution is 7.89. The molecule has 1 aliphatic rings. The topological polar surface area (TPSA) is 129 Å². The van der Waals surface area contributed by atoms with E-state index < -0.39 is 15.9 Å². The molecule has 162 valence electrons. The highest BCUT2D eigenvalue weighted by atomic mass is 32.2. The third-order valence-electron chi connectivity index (χ3n) is 4.64. The number of ether oxygens (including phenoxy) is 2. The number of amides is 1. The Bertz CT molecular complexity index is 1320. The van der Waals surface area contributed by atoms with E-state index in [9.17, 15) is 18.0 Å². The molecule has 3 aromatic rings. The van der Waals surface area contributed by atoms with E-state index in [1.807, 2.05) is 6.92 Å². The van der Waals surface area contributed by atoms with Gasteiger partial charge in [0.15, 0.2) is 17.2 Å². The number of hydrogen-bond donors (Lipinski definition) is 2. The largest absolute Gasteiger partial charge is 0.486 e. The first-order chi connectivity index (χ1) is 14.9. The summed E-state index contributed by atoms with van der Waals surface area (Å²) in [6.07, 6.45) is 0.642. The van der Waals surface area contributed by atoms with Crippen LogP contribution in [0.2, 0.25) is 0 Å². The van der Waals surface area contributed by atoms with Gasteiger partial charge in [-0.2, -0.15) is 5.10 Å². The SMILES string of the molecule is CCCn1nc(C(=O)NNS(=O)(=O)c2ccc3c(c2)OCCO3)c2ccccc2c1=O. The maximum atomic E-state index is 12.8. The summed E-state index contributed by atoms with van der Waals surface area (Å²) in [6, 6.07) is 10.7. The fraction of sp³-hybridized carbons (Fsp3) is 0.250. The van der Waals surface area contributed by atoms with Gasteiger partial charge in [0.1, 0.15) is 13.2 Å². The standard InChI is InChI=1S/C20H20N4O6S/c1-2-9-24-20(26)15-6-4-3-5-14(15)18(22-24)19(25)21-23-31(27,28)13-7-8-16-17(12-13)30-11-10-29-16/h3-8,12,23H,2,9-11H2,1H3,(H,21,25). The summed E-state index contributed by atoms with van der Waals surface area (Å²) in [6.45, 7) is 2.90. The number of sulfonamides is 1. The lowest BCUT2D eigenvalue weighted by atomic mass is 10.1. The number of rotatable bonds is 6. The lowest BCUT2D eigenvalue weighted by molar-refractivity contribution is 0.0939. The van der Waals surface area contributed by atoms with Gasteiger partial charge < -0.3 is 9.47 Å². The van der Waals surface area contributed by atoms with Gasteiger partial charge >= 0.3 is 0 Å². The molecule has 0 bridgehead atoms. The van der Waals surface area contributed by atoms with E-state index in [1.165, 1.54) is 22.9 Å². The first-order valence-corrected chi connectivity index (χ1v) is 11.1. The summed E-state index contributed by atoms with van der Waals surface area (Å²) in [7, 11) is -4.09. The Morgan fingerprint density at radius 2 is 1.81 bits per heavy atom. The molecule has 0 radical (unpaired) electrons. The second kappa shape index (κ2) is 8.36. The number of carbonyl (C=O) groups is 1. The number of nitrogens with zero attached hydrogens (tertiary/aromatic N) is 2. The third-order valence-corrected chi connectivity index (χ3v) is 5.89. The first kappa shape index (κ1) is 20.8. The predicted molar refractivity (Wildman–Crippen MR) is 112 cm³/mol. The van der Waals surface area contributed by atoms with E-state index in [-0.39, 0.29) is 16.1 Å². The Morgan fingerprint density at radius 3 is 2.55 bits per heavy atom. The Balaban J connectivity index is 1.61. The average molecular weight is 444 g/mol. The molecule has 2 heterocycles. The molecule has 2 N–H and O–H groups in total. The van der Waals surface area contributed by atoms with E-state index in [0.717, 1.165) is 0 Å². The van der Waals surface area contributed by atoms with Crippen molar-refractivity contribution >= 4 is 26.7 Å². The smallest absolute Gasteiger partial charge is 0.287 e. The van der Waals surface area contributed by atoms with Crippen molar-refractivity contribution in [3.05, 3.63) is 58.5 Å². The molecule has 1 aliphatic heterocycles. The van der Waals surface area contributed by atoms with Gasteiger partial charge in [-0.05, 0) is 24.6 Å². The molecule has 0 unspecified atom stereocenters. The second-order valence-corrected chi connectivity index (χ2v) is 8.47. The zero-order valence-corrected chi connectivity index (χ0v) is 17.4. The van der Waals surface area contributed by atoms with Crippen LogP contribution in [0.1, 0.15) is 23.8 Å². The number of carbonyl (C=O) groups excluding carboxylic acids is 1. The van der Waals surface area contributed by atoms with Crippen molar-refractivity contribution in [1.82, 2.24) is 20.0 Å². The number of benzene rings is 2. The normalized spacial score (nSPS) is 13.2. The molecule has 2 aromatic carbocycles. The van der Waals surface area contributed by atoms with Crippen LogP contribution < -0.4 is 25.3 Å². The van der Waals surface area contributed by atoms with Crippen LogP contribution in [0.25, 0.3) is 10.8 Å². The molecule has 0 saturated carbocycles. The molecule has 4 rings (SSSR count). The van der Waals surface area contributed by atoms with Crippen LogP contribution in [0.4, 0.5) is 0 Å². The zero-order chi connectivity index (χ0) is 22.0. The quantitative estimate of drug-likeness (QED) is 0.547. The molecule has 0 spiro atoms. The van der Waals surface area contributed by atoms with E-state index in [1.54, 1.807) is 24.3 Å². The molecule has 1 amide bonds. The van der Waals surface area contributed by atoms with Gasteiger partial charge in [0.25, 0.3) is 21.5 Å². The van der Waals surface area contributed by atoms with Crippen LogP contribution in [0, 0.1) is 0 Å². The fourth-order valence-corrected chi connectivity index (χ4v) is 4.04. The predicted octanol–water partition coefficient (Wildman–Crippen LogP) is 1.20. The molecular formula is C20H20N4O6S. The number of aryl methyl sites for hydroxylation is 1. The first-order valence-electron chi connectivity index (χ1n) is 9.62. The minimum Gasteiger partial charge on any atom is -0.486 e. The third kappa shape index (κ3) is 4.09. The molecular weight excluding hydrogens is 424 g/mol. The number of hydrogen-bond acceptors (Lipinski definition) is 7. The van der Waals surface area contributed by atoms with Crippen LogP contribution in [0.3, 0.4) is 0 Å². The number of nitrogens with one attached hydrogen (secondary N) is 2. The van der Waals surface area contributed by atoms with Gasteiger partial charge in [0, 0.05) is 18.0 Å². The monoisotopic (exact) mass is 444 g/mol. The minimum absolute atomic E-state index is 0.0616. The van der Waals surface area contributed by atoms with Crippen molar-refractivity contribution in [1.29, 1.82) is 0 Å². The number of aromatic nitrogens is 2. The van der Waals surface area contributed by atoms with Gasteiger partial charge in [-0.3, -0.25) is 15.0 Å². The van der Waals surface area contributed by atoms with Crippen LogP contribution in [-0.4, -0.2) is 37.3 Å². The lowest BCUT2D eigenvalue weighted by Crippen LogP contribution is -2.42. The van der Waals surface area contributed by atoms with Crippen LogP contribution in [-0.2, 0) is 16.6 Å². The Morgan fingerprint density at radius 1 is 1.10 bits per heavy atom. The summed E-state index contributed by atoms with van der Waals surface area (Å²) in [4.78, 5) is 27.3. The molecule has 0 atom stereocenters. The van der Waals surface area contributed by atoms with E-state index in [2.05, 4.69) is 15.4 Å². The van der Waals surface area contributed by atoms with Gasteiger partial charge in [0.2, 0.25) is 0 Å². The van der Waals surface area contributed by atoms with E-state index >= 15 is 0 Å². The summed E-state index contributed by atoms with van der Waals surface area (Å²) >= 11 is 0. The molecule has 1 aromatic heterocycles. The highest BCUT2D eigenvalue weighted by Gasteiger charge is 2.22. The van der Waals surface area contributed by atoms with E-state index in [0.29, 0.717) is 48.5 Å². The minimum atomic E-state index is -4.09. The summed E-state index contributed by atoms with van der Waals surface area (Å²) in [5, 5.41) is 4.80. The van der Waals surface area contributed by atoms with Crippen LogP contribution in [0.5, 0.6) is 11.5 Å². The molecule has 31 heavy (non-hydrogen) atoms. The van der Waals surface area contributed by atoms with Crippen molar-refractivity contribution in [3.8, 4) is 11.5 Å². The van der Waals surface area contributed by atoms with Gasteiger partial charge in [-0.25, -0.2) is 13.1 Å². The van der Waals surface area contributed by atoms with Crippen molar-refractivity contribution in [2.24, 2.45) is 0 Å². The number of fused-ring (bicyclic) bond motifs is 2. The summed E-state index contributed by atoms with van der Waals surface area (Å²) in [5.41, 5.74) is 1.80. The van der Waals surface area contributed by atoms with E-state index in [4.69, 9.17) is 9.47 Å². The molecule has 10 nitrogen and oxygen atoms in total. The average Bonchev–Trinajstić information content (AvgIpc) is 2.79. The van der Waals surface area contributed by atoms with Gasteiger partial charge in [-0.15, -0.1) is 4.83 Å². The maximum Gasteiger partial charge on any atom is 0.287 e. The molecule has 0 aliphatic carbocycles. The molecule has 11 heteroatoms. The number of hydrazine groups is 1. The summed E-state index contributed by atoms with van der Waals surface area (Å²) in [5.74, 6) is -0.0370. The summed E-state index contributed by atoms with van der Waals surface area (Å²) < 4.78 is 37.3. The zero-order valence-electron chi connectivity index (χ0n) is 16.6. The Hall–Kier alpha value is -3.44. The second-order valence-electron chi connectivity index (χ2n) is 6.79. The van der Waals surface area contributed by atoms with Crippen molar-refractivity contribution in [2.75, 3.05) is 13.2 Å².